The molecule has 0 amide bonds. The van der Waals surface area contributed by atoms with Gasteiger partial charge in [-0.15, -0.1) is 0 Å². The van der Waals surface area contributed by atoms with Crippen molar-refractivity contribution in [1.82, 2.24) is 0 Å². The van der Waals surface area contributed by atoms with Gasteiger partial charge in [-0.2, -0.15) is 0 Å². The number of furan rings is 1. The smallest absolute Gasteiger partial charge is 0.136 e. The summed E-state index contributed by atoms with van der Waals surface area (Å²) in [6, 6.07) is 31.3. The predicted octanol–water partition coefficient (Wildman–Crippen LogP) is 14.0. The van der Waals surface area contributed by atoms with Crippen molar-refractivity contribution >= 4 is 43.5 Å². The number of aryl methyl sites for hydroxylation is 4. The van der Waals surface area contributed by atoms with Crippen LogP contribution >= 0.6 is 0 Å². The first-order valence-corrected chi connectivity index (χ1v) is 18.1. The molecule has 0 radical (unpaired) electrons. The maximum Gasteiger partial charge on any atom is 0.136 e. The Morgan fingerprint density at radius 3 is 1.44 bits per heavy atom. The van der Waals surface area contributed by atoms with Gasteiger partial charge in [0.05, 0.1) is 0 Å². The molecule has 1 aliphatic rings. The molecule has 0 fully saturated rings. The summed E-state index contributed by atoms with van der Waals surface area (Å²) in [5.74, 6) is 0. The molecular formula is C49H44O. The summed E-state index contributed by atoms with van der Waals surface area (Å²) in [6.07, 6.45) is 0. The van der Waals surface area contributed by atoms with Gasteiger partial charge in [0, 0.05) is 16.2 Å². The van der Waals surface area contributed by atoms with E-state index < -0.39 is 0 Å². The van der Waals surface area contributed by atoms with Crippen molar-refractivity contribution in [2.24, 2.45) is 0 Å². The maximum absolute atomic E-state index is 6.53. The normalized spacial score (nSPS) is 13.6. The van der Waals surface area contributed by atoms with E-state index in [2.05, 4.69) is 154 Å². The first-order chi connectivity index (χ1) is 23.9. The topological polar surface area (TPSA) is 13.1 Å². The lowest BCUT2D eigenvalue weighted by Gasteiger charge is -2.30. The highest BCUT2D eigenvalue weighted by molar-refractivity contribution is 6.29. The number of hydrogen-bond acceptors (Lipinski definition) is 1. The average molecular weight is 649 g/mol. The van der Waals surface area contributed by atoms with Crippen LogP contribution in [0.2, 0.25) is 0 Å². The number of rotatable bonds is 2. The molecule has 7 aromatic carbocycles. The van der Waals surface area contributed by atoms with Gasteiger partial charge in [0.25, 0.3) is 0 Å². The molecule has 50 heavy (non-hydrogen) atoms. The summed E-state index contributed by atoms with van der Waals surface area (Å²) in [6.45, 7) is 23.6. The quantitative estimate of drug-likeness (QED) is 0.170. The molecule has 1 aromatic heterocycles. The van der Waals surface area contributed by atoms with Crippen molar-refractivity contribution in [2.45, 2.75) is 74.7 Å². The summed E-state index contributed by atoms with van der Waals surface area (Å²) >= 11 is 0. The fraction of sp³-hybridized carbons (Fsp3) is 0.224. The summed E-state index contributed by atoms with van der Waals surface area (Å²) in [5, 5.41) is 7.85. The highest BCUT2D eigenvalue weighted by Gasteiger charge is 2.38. The van der Waals surface area contributed by atoms with Gasteiger partial charge < -0.3 is 4.42 Å². The van der Waals surface area contributed by atoms with Gasteiger partial charge in [-0.3, -0.25) is 0 Å². The lowest BCUT2D eigenvalue weighted by molar-refractivity contribution is 0.662. The van der Waals surface area contributed by atoms with Crippen LogP contribution in [-0.4, -0.2) is 0 Å². The van der Waals surface area contributed by atoms with E-state index in [-0.39, 0.29) is 5.41 Å². The van der Waals surface area contributed by atoms with Crippen LogP contribution in [-0.2, 0) is 5.41 Å². The fourth-order valence-electron chi connectivity index (χ4n) is 9.70. The van der Waals surface area contributed by atoms with Crippen molar-refractivity contribution in [2.75, 3.05) is 0 Å². The van der Waals surface area contributed by atoms with Crippen molar-refractivity contribution < 1.29 is 4.42 Å². The van der Waals surface area contributed by atoms with Crippen molar-refractivity contribution in [3.8, 4) is 33.4 Å². The van der Waals surface area contributed by atoms with E-state index in [0.29, 0.717) is 0 Å². The molecule has 0 aliphatic heterocycles. The maximum atomic E-state index is 6.53. The molecule has 246 valence electrons. The van der Waals surface area contributed by atoms with Crippen LogP contribution in [0.4, 0.5) is 0 Å². The Labute approximate surface area is 295 Å². The third-order valence-corrected chi connectivity index (χ3v) is 12.9. The fourth-order valence-corrected chi connectivity index (χ4v) is 9.70. The first kappa shape index (κ1) is 30.9. The molecule has 1 heteroatoms. The zero-order valence-corrected chi connectivity index (χ0v) is 31.0. The molecule has 9 rings (SSSR count). The Bertz CT molecular complexity index is 2720. The van der Waals surface area contributed by atoms with E-state index in [1.807, 2.05) is 0 Å². The monoisotopic (exact) mass is 648 g/mol. The number of hydrogen-bond donors (Lipinski definition) is 0. The molecule has 0 spiro atoms. The van der Waals surface area contributed by atoms with Crippen LogP contribution in [0.1, 0.15) is 69.5 Å². The molecule has 1 heterocycles. The van der Waals surface area contributed by atoms with E-state index in [1.165, 1.54) is 121 Å². The van der Waals surface area contributed by atoms with Crippen LogP contribution in [0.5, 0.6) is 0 Å². The summed E-state index contributed by atoms with van der Waals surface area (Å²) in [4.78, 5) is 0. The first-order valence-electron chi connectivity index (χ1n) is 18.1. The molecular weight excluding hydrogens is 605 g/mol. The second-order valence-corrected chi connectivity index (χ2v) is 15.4. The highest BCUT2D eigenvalue weighted by Crippen LogP contribution is 2.57. The Morgan fingerprint density at radius 1 is 0.380 bits per heavy atom. The van der Waals surface area contributed by atoms with E-state index in [9.17, 15) is 0 Å². The third-order valence-electron chi connectivity index (χ3n) is 12.9. The summed E-state index contributed by atoms with van der Waals surface area (Å²) in [7, 11) is 0. The minimum Gasteiger partial charge on any atom is -0.456 e. The van der Waals surface area contributed by atoms with E-state index in [1.54, 1.807) is 0 Å². The number of benzene rings is 7. The predicted molar refractivity (Wildman–Crippen MR) is 215 cm³/mol. The van der Waals surface area contributed by atoms with Gasteiger partial charge in [0.1, 0.15) is 11.2 Å². The third kappa shape index (κ3) is 3.79. The number of fused-ring (bicyclic) bond motifs is 8. The molecule has 0 atom stereocenters. The lowest BCUT2D eigenvalue weighted by Crippen LogP contribution is -2.16. The van der Waals surface area contributed by atoms with Crippen molar-refractivity contribution in [3.05, 3.63) is 141 Å². The number of para-hydroxylation sites is 1. The molecule has 0 unspecified atom stereocenters. The SMILES string of the molecule is Cc1c(C)c(C)c2c(-c3cccc4oc5ccccc5c34)c3c(C)c(C)c(C)c(C)c3c(-c3cccc4c3C(C)(C)c3ccccc3-4)c2c1C. The highest BCUT2D eigenvalue weighted by atomic mass is 16.3. The van der Waals surface area contributed by atoms with E-state index >= 15 is 0 Å². The van der Waals surface area contributed by atoms with Crippen LogP contribution in [0.15, 0.2) is 89.3 Å². The largest absolute Gasteiger partial charge is 0.456 e. The minimum atomic E-state index is -0.146. The van der Waals surface area contributed by atoms with Gasteiger partial charge in [-0.25, -0.2) is 0 Å². The minimum absolute atomic E-state index is 0.146. The molecule has 1 nitrogen and oxygen atoms in total. The van der Waals surface area contributed by atoms with Crippen LogP contribution < -0.4 is 0 Å². The molecule has 0 saturated heterocycles. The standard InChI is InChI=1S/C49H44O/c1-25-27(3)31(7)43-41(29(25)5)46(36-20-16-24-40-45(36)35-18-12-14-23-39(35)50-40)42-30(6)26(2)28(4)32(8)44(42)47(43)37-21-15-19-34-33-17-11-13-22-38(33)49(9,10)48(34)37/h11-24H,1-10H3. The molecule has 0 bridgehead atoms. The van der Waals surface area contributed by atoms with Gasteiger partial charge in [-0.1, -0.05) is 86.6 Å². The Kier molecular flexibility index (Phi) is 6.45. The van der Waals surface area contributed by atoms with Gasteiger partial charge in [0.15, 0.2) is 0 Å². The van der Waals surface area contributed by atoms with E-state index in [4.69, 9.17) is 4.42 Å². The second kappa shape index (κ2) is 10.4. The average Bonchev–Trinajstić information content (AvgIpc) is 3.62. The second-order valence-electron chi connectivity index (χ2n) is 15.4. The van der Waals surface area contributed by atoms with E-state index in [0.717, 1.165) is 11.2 Å². The Morgan fingerprint density at radius 2 is 0.820 bits per heavy atom. The van der Waals surface area contributed by atoms with Crippen LogP contribution in [0, 0.1) is 55.4 Å². The van der Waals surface area contributed by atoms with Gasteiger partial charge >= 0.3 is 0 Å². The zero-order valence-electron chi connectivity index (χ0n) is 31.0. The Balaban J connectivity index is 1.60. The molecule has 0 N–H and O–H groups in total. The molecule has 0 saturated carbocycles. The molecule has 8 aromatic rings. The summed E-state index contributed by atoms with van der Waals surface area (Å²) < 4.78 is 6.53. The zero-order chi connectivity index (χ0) is 35.0. The van der Waals surface area contributed by atoms with Crippen molar-refractivity contribution in [1.29, 1.82) is 0 Å². The van der Waals surface area contributed by atoms with Crippen LogP contribution in [0.25, 0.3) is 76.9 Å². The Hall–Kier alpha value is -5.14. The van der Waals surface area contributed by atoms with Crippen molar-refractivity contribution in [3.63, 3.8) is 0 Å². The van der Waals surface area contributed by atoms with Gasteiger partial charge in [0.2, 0.25) is 0 Å². The van der Waals surface area contributed by atoms with Gasteiger partial charge in [-0.05, 0) is 178 Å². The molecule has 1 aliphatic carbocycles. The summed E-state index contributed by atoms with van der Waals surface area (Å²) in [5.41, 5.74) is 23.5. The lowest BCUT2D eigenvalue weighted by atomic mass is 9.73. The van der Waals surface area contributed by atoms with Crippen LogP contribution in [0.3, 0.4) is 0 Å².